The Morgan fingerprint density at radius 2 is 2.25 bits per heavy atom. The molecule has 3 aromatic rings. The van der Waals surface area contributed by atoms with Crippen LogP contribution in [0.15, 0.2) is 35.8 Å². The number of hydrogen-bond donors (Lipinski definition) is 2. The highest BCUT2D eigenvalue weighted by Crippen LogP contribution is 2.17. The minimum Gasteiger partial charge on any atom is -0.360 e. The summed E-state index contributed by atoms with van der Waals surface area (Å²) in [5.74, 6) is -0.0469. The highest BCUT2D eigenvalue weighted by molar-refractivity contribution is 7.09. The lowest BCUT2D eigenvalue weighted by atomic mass is 10.1. The molecular formula is C15H15N3OS. The molecule has 1 aromatic carbocycles. The lowest BCUT2D eigenvalue weighted by Crippen LogP contribution is -2.25. The molecule has 0 bridgehead atoms. The van der Waals surface area contributed by atoms with E-state index in [2.05, 4.69) is 15.3 Å². The predicted octanol–water partition coefficient (Wildman–Crippen LogP) is 2.91. The van der Waals surface area contributed by atoms with Crippen molar-refractivity contribution in [2.45, 2.75) is 13.3 Å². The lowest BCUT2D eigenvalue weighted by Gasteiger charge is -2.02. The summed E-state index contributed by atoms with van der Waals surface area (Å²) in [4.78, 5) is 19.7. The summed E-state index contributed by atoms with van der Waals surface area (Å²) in [6, 6.07) is 7.80. The molecule has 0 saturated heterocycles. The Bertz CT molecular complexity index is 744. The molecule has 0 unspecified atom stereocenters. The van der Waals surface area contributed by atoms with Crippen molar-refractivity contribution < 1.29 is 4.79 Å². The Balaban J connectivity index is 1.64. The van der Waals surface area contributed by atoms with Crippen LogP contribution < -0.4 is 5.32 Å². The van der Waals surface area contributed by atoms with Gasteiger partial charge in [0.25, 0.3) is 5.91 Å². The molecule has 0 aliphatic heterocycles. The van der Waals surface area contributed by atoms with Crippen LogP contribution in [0.5, 0.6) is 0 Å². The first kappa shape index (κ1) is 12.9. The maximum atomic E-state index is 12.2. The number of para-hydroxylation sites is 1. The topological polar surface area (TPSA) is 57.8 Å². The molecule has 0 radical (unpaired) electrons. The molecular weight excluding hydrogens is 270 g/mol. The fourth-order valence-electron chi connectivity index (χ4n) is 2.18. The molecule has 5 heteroatoms. The van der Waals surface area contributed by atoms with Gasteiger partial charge in [0.15, 0.2) is 0 Å². The molecule has 0 aliphatic rings. The Morgan fingerprint density at radius 3 is 3.05 bits per heavy atom. The van der Waals surface area contributed by atoms with Gasteiger partial charge in [0, 0.05) is 35.4 Å². The number of nitrogens with zero attached hydrogens (tertiary/aromatic N) is 1. The summed E-state index contributed by atoms with van der Waals surface area (Å²) in [6.07, 6.45) is 2.52. The second-order valence-corrected chi connectivity index (χ2v) is 5.67. The van der Waals surface area contributed by atoms with Crippen molar-refractivity contribution in [2.24, 2.45) is 0 Å². The summed E-state index contributed by atoms with van der Waals surface area (Å²) in [5, 5.41) is 6.99. The number of nitrogens with one attached hydrogen (secondary N) is 2. The number of rotatable bonds is 4. The van der Waals surface area contributed by atoms with E-state index in [4.69, 9.17) is 0 Å². The van der Waals surface area contributed by atoms with E-state index >= 15 is 0 Å². The smallest absolute Gasteiger partial charge is 0.253 e. The van der Waals surface area contributed by atoms with Crippen LogP contribution in [0.4, 0.5) is 0 Å². The number of aryl methyl sites for hydroxylation is 1. The van der Waals surface area contributed by atoms with Gasteiger partial charge in [0.2, 0.25) is 0 Å². The van der Waals surface area contributed by atoms with E-state index < -0.39 is 0 Å². The molecule has 20 heavy (non-hydrogen) atoms. The van der Waals surface area contributed by atoms with Gasteiger partial charge in [-0.1, -0.05) is 18.2 Å². The minimum absolute atomic E-state index is 0.0469. The largest absolute Gasteiger partial charge is 0.360 e. The van der Waals surface area contributed by atoms with Gasteiger partial charge in [-0.3, -0.25) is 4.79 Å². The molecule has 2 aromatic heterocycles. The molecule has 4 nitrogen and oxygen atoms in total. The van der Waals surface area contributed by atoms with Gasteiger partial charge >= 0.3 is 0 Å². The Kier molecular flexibility index (Phi) is 3.52. The molecule has 0 aliphatic carbocycles. The van der Waals surface area contributed by atoms with E-state index in [-0.39, 0.29) is 5.91 Å². The number of H-pyrrole nitrogens is 1. The molecule has 0 fully saturated rings. The number of benzene rings is 1. The second-order valence-electron chi connectivity index (χ2n) is 4.61. The monoisotopic (exact) mass is 285 g/mol. The number of carbonyl (C=O) groups is 1. The van der Waals surface area contributed by atoms with E-state index in [1.807, 2.05) is 36.6 Å². The molecule has 0 atom stereocenters. The summed E-state index contributed by atoms with van der Waals surface area (Å²) in [5.41, 5.74) is 2.70. The van der Waals surface area contributed by atoms with Gasteiger partial charge in [0.1, 0.15) is 0 Å². The van der Waals surface area contributed by atoms with Gasteiger partial charge in [-0.15, -0.1) is 11.3 Å². The molecule has 0 spiro atoms. The van der Waals surface area contributed by atoms with Crippen LogP contribution in [-0.4, -0.2) is 22.4 Å². The van der Waals surface area contributed by atoms with E-state index in [1.54, 1.807) is 17.5 Å². The zero-order valence-corrected chi connectivity index (χ0v) is 12.0. The SMILES string of the molecule is Cc1nc(CCNC(=O)c2c[nH]c3ccccc23)cs1. The van der Waals surface area contributed by atoms with Crippen molar-refractivity contribution in [3.63, 3.8) is 0 Å². The van der Waals surface area contributed by atoms with Crippen LogP contribution in [0.2, 0.25) is 0 Å². The molecule has 2 N–H and O–H groups in total. The first-order chi connectivity index (χ1) is 9.74. The quantitative estimate of drug-likeness (QED) is 0.774. The van der Waals surface area contributed by atoms with Crippen molar-refractivity contribution in [3.8, 4) is 0 Å². The van der Waals surface area contributed by atoms with Gasteiger partial charge in [-0.2, -0.15) is 0 Å². The summed E-state index contributed by atoms with van der Waals surface area (Å²) in [6.45, 7) is 2.58. The van der Waals surface area contributed by atoms with Crippen molar-refractivity contribution in [1.82, 2.24) is 15.3 Å². The van der Waals surface area contributed by atoms with Crippen LogP contribution in [0.3, 0.4) is 0 Å². The van der Waals surface area contributed by atoms with Crippen molar-refractivity contribution in [1.29, 1.82) is 0 Å². The van der Waals surface area contributed by atoms with Crippen LogP contribution in [0.1, 0.15) is 21.1 Å². The first-order valence-electron chi connectivity index (χ1n) is 6.49. The third kappa shape index (κ3) is 2.58. The summed E-state index contributed by atoms with van der Waals surface area (Å²) >= 11 is 1.63. The molecule has 2 heterocycles. The number of hydrogen-bond acceptors (Lipinski definition) is 3. The fourth-order valence-corrected chi connectivity index (χ4v) is 2.83. The fraction of sp³-hybridized carbons (Fsp3) is 0.200. The average molecular weight is 285 g/mol. The van der Waals surface area contributed by atoms with Crippen LogP contribution in [0.25, 0.3) is 10.9 Å². The molecule has 1 amide bonds. The van der Waals surface area contributed by atoms with Gasteiger partial charge in [-0.25, -0.2) is 4.98 Å². The maximum Gasteiger partial charge on any atom is 0.253 e. The van der Waals surface area contributed by atoms with Crippen molar-refractivity contribution >= 4 is 28.1 Å². The number of aromatic amines is 1. The minimum atomic E-state index is -0.0469. The highest BCUT2D eigenvalue weighted by atomic mass is 32.1. The van der Waals surface area contributed by atoms with Gasteiger partial charge in [-0.05, 0) is 13.0 Å². The first-order valence-corrected chi connectivity index (χ1v) is 7.37. The van der Waals surface area contributed by atoms with E-state index in [1.165, 1.54) is 0 Å². The standard InChI is InChI=1S/C15H15N3OS/c1-10-18-11(9-20-10)6-7-16-15(19)13-8-17-14-5-3-2-4-12(13)14/h2-5,8-9,17H,6-7H2,1H3,(H,16,19). The summed E-state index contributed by atoms with van der Waals surface area (Å²) in [7, 11) is 0. The van der Waals surface area contributed by atoms with Crippen molar-refractivity contribution in [2.75, 3.05) is 6.54 Å². The Morgan fingerprint density at radius 1 is 1.40 bits per heavy atom. The van der Waals surface area contributed by atoms with Crippen LogP contribution in [-0.2, 0) is 6.42 Å². The van der Waals surface area contributed by atoms with E-state index in [0.717, 1.165) is 28.0 Å². The number of fused-ring (bicyclic) bond motifs is 1. The third-order valence-electron chi connectivity index (χ3n) is 3.17. The second kappa shape index (κ2) is 5.46. The van der Waals surface area contributed by atoms with Gasteiger partial charge in [0.05, 0.1) is 16.3 Å². The molecule has 102 valence electrons. The zero-order valence-electron chi connectivity index (χ0n) is 11.1. The highest BCUT2D eigenvalue weighted by Gasteiger charge is 2.11. The predicted molar refractivity (Wildman–Crippen MR) is 81.2 cm³/mol. The van der Waals surface area contributed by atoms with Crippen LogP contribution in [0, 0.1) is 6.92 Å². The van der Waals surface area contributed by atoms with Crippen molar-refractivity contribution in [3.05, 3.63) is 52.1 Å². The summed E-state index contributed by atoms with van der Waals surface area (Å²) < 4.78 is 0. The Hall–Kier alpha value is -2.14. The lowest BCUT2D eigenvalue weighted by molar-refractivity contribution is 0.0956. The van der Waals surface area contributed by atoms with Gasteiger partial charge < -0.3 is 10.3 Å². The zero-order chi connectivity index (χ0) is 13.9. The number of aromatic nitrogens is 2. The Labute approximate surface area is 120 Å². The number of carbonyl (C=O) groups excluding carboxylic acids is 1. The third-order valence-corrected chi connectivity index (χ3v) is 3.99. The van der Waals surface area contributed by atoms with Crippen LogP contribution >= 0.6 is 11.3 Å². The van der Waals surface area contributed by atoms with E-state index in [9.17, 15) is 4.79 Å². The molecule has 0 saturated carbocycles. The van der Waals surface area contributed by atoms with E-state index in [0.29, 0.717) is 12.1 Å². The normalized spacial score (nSPS) is 10.8. The molecule has 3 rings (SSSR count). The number of amides is 1. The maximum absolute atomic E-state index is 12.2. The average Bonchev–Trinajstić information content (AvgIpc) is 3.05. The number of thiazole rings is 1.